The van der Waals surface area contributed by atoms with Crippen molar-refractivity contribution in [3.8, 4) is 0 Å². The molecule has 2 fully saturated rings. The highest BCUT2D eigenvalue weighted by atomic mass is 15.2. The summed E-state index contributed by atoms with van der Waals surface area (Å²) < 4.78 is 0. The fraction of sp³-hybridized carbons (Fsp3) is 1.00. The molecule has 3 unspecified atom stereocenters. The Kier molecular flexibility index (Phi) is 3.13. The molecule has 1 N–H and O–H groups in total. The second-order valence-electron chi connectivity index (χ2n) is 5.27. The monoisotopic (exact) mass is 196 g/mol. The van der Waals surface area contributed by atoms with Gasteiger partial charge in [0, 0.05) is 31.7 Å². The van der Waals surface area contributed by atoms with Gasteiger partial charge in [0.05, 0.1) is 0 Å². The third-order valence-electron chi connectivity index (χ3n) is 3.92. The minimum atomic E-state index is 0.724. The van der Waals surface area contributed by atoms with Crippen LogP contribution in [0.5, 0.6) is 0 Å². The molecular formula is C12H24N2. The van der Waals surface area contributed by atoms with Crippen LogP contribution < -0.4 is 5.32 Å². The standard InChI is InChI=1S/C12H24N2/c1-4-10-7-12(10)14-6-5-13-11(8-14)9(2)3/h9-13H,4-8H2,1-3H3. The average molecular weight is 196 g/mol. The Balaban J connectivity index is 1.83. The summed E-state index contributed by atoms with van der Waals surface area (Å²) in [6, 6.07) is 1.66. The van der Waals surface area contributed by atoms with Crippen molar-refractivity contribution >= 4 is 0 Å². The van der Waals surface area contributed by atoms with Gasteiger partial charge in [0.1, 0.15) is 0 Å². The molecule has 2 aliphatic rings. The first-order valence-electron chi connectivity index (χ1n) is 6.19. The molecule has 0 aromatic rings. The van der Waals surface area contributed by atoms with Crippen molar-refractivity contribution in [2.75, 3.05) is 19.6 Å². The smallest absolute Gasteiger partial charge is 0.0218 e. The maximum Gasteiger partial charge on any atom is 0.0218 e. The van der Waals surface area contributed by atoms with Gasteiger partial charge in [-0.3, -0.25) is 4.90 Å². The van der Waals surface area contributed by atoms with Crippen LogP contribution in [0.4, 0.5) is 0 Å². The highest BCUT2D eigenvalue weighted by Crippen LogP contribution is 2.38. The van der Waals surface area contributed by atoms with E-state index in [0.717, 1.165) is 23.9 Å². The van der Waals surface area contributed by atoms with Crippen LogP contribution in [0.15, 0.2) is 0 Å². The van der Waals surface area contributed by atoms with E-state index in [1.165, 1.54) is 32.5 Å². The van der Waals surface area contributed by atoms with Gasteiger partial charge >= 0.3 is 0 Å². The van der Waals surface area contributed by atoms with Gasteiger partial charge in [-0.1, -0.05) is 27.2 Å². The first-order chi connectivity index (χ1) is 6.72. The summed E-state index contributed by atoms with van der Waals surface area (Å²) >= 11 is 0. The lowest BCUT2D eigenvalue weighted by Crippen LogP contribution is -2.53. The van der Waals surface area contributed by atoms with Crippen LogP contribution in [-0.2, 0) is 0 Å². The summed E-state index contributed by atoms with van der Waals surface area (Å²) in [6.45, 7) is 10.7. The molecule has 0 bridgehead atoms. The molecule has 1 heterocycles. The van der Waals surface area contributed by atoms with Crippen LogP contribution in [-0.4, -0.2) is 36.6 Å². The van der Waals surface area contributed by atoms with Crippen molar-refractivity contribution in [3.05, 3.63) is 0 Å². The Morgan fingerprint density at radius 2 is 2.21 bits per heavy atom. The van der Waals surface area contributed by atoms with Crippen LogP contribution in [0.2, 0.25) is 0 Å². The zero-order valence-electron chi connectivity index (χ0n) is 9.79. The van der Waals surface area contributed by atoms with Crippen LogP contribution >= 0.6 is 0 Å². The summed E-state index contributed by atoms with van der Waals surface area (Å²) in [5.41, 5.74) is 0. The molecule has 0 amide bonds. The predicted molar refractivity (Wildman–Crippen MR) is 60.4 cm³/mol. The van der Waals surface area contributed by atoms with Gasteiger partial charge in [0.2, 0.25) is 0 Å². The molecular weight excluding hydrogens is 172 g/mol. The van der Waals surface area contributed by atoms with Gasteiger partial charge in [0.25, 0.3) is 0 Å². The van der Waals surface area contributed by atoms with Gasteiger partial charge in [0.15, 0.2) is 0 Å². The van der Waals surface area contributed by atoms with Crippen LogP contribution in [0, 0.1) is 11.8 Å². The molecule has 3 atom stereocenters. The fourth-order valence-corrected chi connectivity index (χ4v) is 2.67. The zero-order valence-corrected chi connectivity index (χ0v) is 9.79. The van der Waals surface area contributed by atoms with E-state index in [2.05, 4.69) is 31.0 Å². The maximum absolute atomic E-state index is 3.62. The summed E-state index contributed by atoms with van der Waals surface area (Å²) in [5.74, 6) is 1.79. The third kappa shape index (κ3) is 2.12. The van der Waals surface area contributed by atoms with Gasteiger partial charge < -0.3 is 5.32 Å². The normalized spacial score (nSPS) is 39.0. The van der Waals surface area contributed by atoms with E-state index >= 15 is 0 Å². The summed E-state index contributed by atoms with van der Waals surface area (Å²) in [6.07, 6.45) is 2.84. The Morgan fingerprint density at radius 3 is 2.79 bits per heavy atom. The summed E-state index contributed by atoms with van der Waals surface area (Å²) in [4.78, 5) is 2.72. The van der Waals surface area contributed by atoms with E-state index < -0.39 is 0 Å². The van der Waals surface area contributed by atoms with Crippen molar-refractivity contribution in [2.24, 2.45) is 11.8 Å². The second-order valence-corrected chi connectivity index (χ2v) is 5.27. The fourth-order valence-electron chi connectivity index (χ4n) is 2.67. The van der Waals surface area contributed by atoms with Crippen molar-refractivity contribution in [1.29, 1.82) is 0 Å². The van der Waals surface area contributed by atoms with E-state index in [0.29, 0.717) is 0 Å². The molecule has 2 heteroatoms. The first-order valence-corrected chi connectivity index (χ1v) is 6.19. The van der Waals surface area contributed by atoms with Gasteiger partial charge in [-0.05, 0) is 18.3 Å². The minimum absolute atomic E-state index is 0.724. The molecule has 2 nitrogen and oxygen atoms in total. The Hall–Kier alpha value is -0.0800. The lowest BCUT2D eigenvalue weighted by Gasteiger charge is -2.36. The van der Waals surface area contributed by atoms with Gasteiger partial charge in [-0.15, -0.1) is 0 Å². The third-order valence-corrected chi connectivity index (χ3v) is 3.92. The quantitative estimate of drug-likeness (QED) is 0.739. The molecule has 0 aromatic carbocycles. The highest BCUT2D eigenvalue weighted by Gasteiger charge is 2.41. The number of hydrogen-bond acceptors (Lipinski definition) is 2. The lowest BCUT2D eigenvalue weighted by atomic mass is 10.0. The summed E-state index contributed by atoms with van der Waals surface area (Å²) in [7, 11) is 0. The molecule has 0 spiro atoms. The second kappa shape index (κ2) is 4.19. The molecule has 0 aromatic heterocycles. The SMILES string of the molecule is CCC1CC1N1CCNC(C(C)C)C1. The molecule has 1 aliphatic heterocycles. The number of rotatable bonds is 3. The highest BCUT2D eigenvalue weighted by molar-refractivity contribution is 4.97. The van der Waals surface area contributed by atoms with E-state index in [1.807, 2.05) is 0 Å². The molecule has 2 rings (SSSR count). The van der Waals surface area contributed by atoms with E-state index in [1.54, 1.807) is 0 Å². The maximum atomic E-state index is 3.62. The molecule has 82 valence electrons. The molecule has 1 saturated heterocycles. The largest absolute Gasteiger partial charge is 0.311 e. The predicted octanol–water partition coefficient (Wildman–Crippen LogP) is 1.71. The Bertz CT molecular complexity index is 191. The number of nitrogens with one attached hydrogen (secondary N) is 1. The zero-order chi connectivity index (χ0) is 10.1. The Morgan fingerprint density at radius 1 is 1.43 bits per heavy atom. The van der Waals surface area contributed by atoms with Crippen molar-refractivity contribution < 1.29 is 0 Å². The van der Waals surface area contributed by atoms with Crippen molar-refractivity contribution in [2.45, 2.75) is 45.7 Å². The van der Waals surface area contributed by atoms with Crippen molar-refractivity contribution in [1.82, 2.24) is 10.2 Å². The number of piperazine rings is 1. The van der Waals surface area contributed by atoms with Crippen LogP contribution in [0.1, 0.15) is 33.6 Å². The van der Waals surface area contributed by atoms with E-state index in [4.69, 9.17) is 0 Å². The average Bonchev–Trinajstić information content (AvgIpc) is 2.97. The van der Waals surface area contributed by atoms with Crippen LogP contribution in [0.25, 0.3) is 0 Å². The first kappa shape index (κ1) is 10.4. The van der Waals surface area contributed by atoms with Crippen molar-refractivity contribution in [3.63, 3.8) is 0 Å². The summed E-state index contributed by atoms with van der Waals surface area (Å²) in [5, 5.41) is 3.62. The topological polar surface area (TPSA) is 15.3 Å². The van der Waals surface area contributed by atoms with E-state index in [-0.39, 0.29) is 0 Å². The number of hydrogen-bond donors (Lipinski definition) is 1. The van der Waals surface area contributed by atoms with Crippen LogP contribution in [0.3, 0.4) is 0 Å². The minimum Gasteiger partial charge on any atom is -0.311 e. The van der Waals surface area contributed by atoms with Gasteiger partial charge in [-0.2, -0.15) is 0 Å². The lowest BCUT2D eigenvalue weighted by molar-refractivity contribution is 0.161. The molecule has 0 radical (unpaired) electrons. The molecule has 1 saturated carbocycles. The molecule has 14 heavy (non-hydrogen) atoms. The Labute approximate surface area is 88.1 Å². The van der Waals surface area contributed by atoms with E-state index in [9.17, 15) is 0 Å². The number of nitrogens with zero attached hydrogens (tertiary/aromatic N) is 1. The molecule has 1 aliphatic carbocycles. The van der Waals surface area contributed by atoms with Gasteiger partial charge in [-0.25, -0.2) is 0 Å².